The summed E-state index contributed by atoms with van der Waals surface area (Å²) in [7, 11) is 0. The summed E-state index contributed by atoms with van der Waals surface area (Å²) in [6.07, 6.45) is -4.28. The van der Waals surface area contributed by atoms with Gasteiger partial charge in [0.05, 0.1) is 5.56 Å². The molecule has 0 spiro atoms. The topological polar surface area (TPSA) is 29.3 Å². The molecule has 1 aromatic carbocycles. The molecule has 88 valence electrons. The zero-order valence-electron chi connectivity index (χ0n) is 8.88. The normalized spacial score (nSPS) is 21.9. The number of halogens is 3. The first-order valence-electron chi connectivity index (χ1n) is 5.07. The Morgan fingerprint density at radius 1 is 1.38 bits per heavy atom. The van der Waals surface area contributed by atoms with E-state index in [4.69, 9.17) is 5.84 Å². The fourth-order valence-electron chi connectivity index (χ4n) is 2.13. The third kappa shape index (κ3) is 2.05. The number of fused-ring (bicyclic) bond motifs is 1. The molecular formula is C11H13F3N2. The average molecular weight is 230 g/mol. The fraction of sp³-hybridized carbons (Fsp3) is 0.455. The molecule has 0 bridgehead atoms. The SMILES string of the molecule is CC1CN(N)Cc2cc(C(F)(F)F)ccc21. The maximum atomic E-state index is 12.5. The van der Waals surface area contributed by atoms with Crippen molar-refractivity contribution in [3.8, 4) is 0 Å². The van der Waals surface area contributed by atoms with Gasteiger partial charge in [0.1, 0.15) is 0 Å². The van der Waals surface area contributed by atoms with Gasteiger partial charge < -0.3 is 0 Å². The average Bonchev–Trinajstić information content (AvgIpc) is 2.15. The highest BCUT2D eigenvalue weighted by Crippen LogP contribution is 2.34. The number of hydrogen-bond acceptors (Lipinski definition) is 2. The van der Waals surface area contributed by atoms with Gasteiger partial charge in [-0.3, -0.25) is 5.84 Å². The Bertz CT molecular complexity index is 401. The van der Waals surface area contributed by atoms with Crippen molar-refractivity contribution < 1.29 is 13.2 Å². The van der Waals surface area contributed by atoms with E-state index in [-0.39, 0.29) is 5.92 Å². The second-order valence-electron chi connectivity index (χ2n) is 4.24. The second-order valence-corrected chi connectivity index (χ2v) is 4.24. The first kappa shape index (κ1) is 11.4. The third-order valence-electron chi connectivity index (χ3n) is 2.88. The molecule has 2 rings (SSSR count). The number of nitrogens with two attached hydrogens (primary N) is 1. The second kappa shape index (κ2) is 3.75. The molecular weight excluding hydrogens is 217 g/mol. The predicted molar refractivity (Wildman–Crippen MR) is 54.5 cm³/mol. The lowest BCUT2D eigenvalue weighted by atomic mass is 9.90. The van der Waals surface area contributed by atoms with Gasteiger partial charge in [0.15, 0.2) is 0 Å². The van der Waals surface area contributed by atoms with E-state index in [1.165, 1.54) is 6.07 Å². The van der Waals surface area contributed by atoms with Crippen LogP contribution in [0.2, 0.25) is 0 Å². The molecule has 0 aliphatic carbocycles. The molecule has 1 unspecified atom stereocenters. The maximum Gasteiger partial charge on any atom is 0.416 e. The highest BCUT2D eigenvalue weighted by Gasteiger charge is 2.32. The maximum absolute atomic E-state index is 12.5. The first-order chi connectivity index (χ1) is 7.38. The van der Waals surface area contributed by atoms with Gasteiger partial charge in [0, 0.05) is 13.1 Å². The van der Waals surface area contributed by atoms with Crippen LogP contribution in [0, 0.1) is 0 Å². The summed E-state index contributed by atoms with van der Waals surface area (Å²) < 4.78 is 37.5. The van der Waals surface area contributed by atoms with Crippen molar-refractivity contribution in [2.75, 3.05) is 6.54 Å². The Morgan fingerprint density at radius 2 is 2.06 bits per heavy atom. The zero-order valence-corrected chi connectivity index (χ0v) is 8.88. The Labute approximate surface area is 91.8 Å². The lowest BCUT2D eigenvalue weighted by Gasteiger charge is -2.30. The molecule has 5 heteroatoms. The smallest absolute Gasteiger partial charge is 0.268 e. The van der Waals surface area contributed by atoms with Gasteiger partial charge in [0.2, 0.25) is 0 Å². The Balaban J connectivity index is 2.42. The Morgan fingerprint density at radius 3 is 2.69 bits per heavy atom. The summed E-state index contributed by atoms with van der Waals surface area (Å²) in [4.78, 5) is 0. The lowest BCUT2D eigenvalue weighted by molar-refractivity contribution is -0.137. The van der Waals surface area contributed by atoms with Gasteiger partial charge in [-0.1, -0.05) is 13.0 Å². The van der Waals surface area contributed by atoms with E-state index in [0.29, 0.717) is 18.7 Å². The molecule has 1 aromatic rings. The molecule has 2 nitrogen and oxygen atoms in total. The number of nitrogens with zero attached hydrogens (tertiary/aromatic N) is 1. The molecule has 1 atom stereocenters. The van der Waals surface area contributed by atoms with E-state index < -0.39 is 11.7 Å². The molecule has 0 saturated heterocycles. The Kier molecular flexibility index (Phi) is 2.67. The van der Waals surface area contributed by atoms with Gasteiger partial charge in [-0.25, -0.2) is 5.01 Å². The number of hydrazine groups is 1. The van der Waals surface area contributed by atoms with E-state index in [2.05, 4.69) is 0 Å². The highest BCUT2D eigenvalue weighted by atomic mass is 19.4. The van der Waals surface area contributed by atoms with Crippen molar-refractivity contribution in [1.29, 1.82) is 0 Å². The minimum Gasteiger partial charge on any atom is -0.268 e. The molecule has 2 N–H and O–H groups in total. The van der Waals surface area contributed by atoms with Crippen LogP contribution in [0.15, 0.2) is 18.2 Å². The predicted octanol–water partition coefficient (Wildman–Crippen LogP) is 2.50. The molecule has 0 fully saturated rings. The first-order valence-corrected chi connectivity index (χ1v) is 5.07. The van der Waals surface area contributed by atoms with E-state index in [1.54, 1.807) is 11.1 Å². The van der Waals surface area contributed by atoms with Crippen LogP contribution in [0.3, 0.4) is 0 Å². The molecule has 1 aliphatic heterocycles. The van der Waals surface area contributed by atoms with Gasteiger partial charge in [-0.05, 0) is 29.2 Å². The number of alkyl halides is 3. The van der Waals surface area contributed by atoms with E-state index in [0.717, 1.165) is 11.6 Å². The number of hydrogen-bond donors (Lipinski definition) is 1. The van der Waals surface area contributed by atoms with Crippen molar-refractivity contribution in [3.63, 3.8) is 0 Å². The van der Waals surface area contributed by atoms with Crippen LogP contribution in [0.25, 0.3) is 0 Å². The van der Waals surface area contributed by atoms with E-state index in [9.17, 15) is 13.2 Å². The molecule has 0 amide bonds. The third-order valence-corrected chi connectivity index (χ3v) is 2.88. The van der Waals surface area contributed by atoms with Gasteiger partial charge in [-0.2, -0.15) is 13.2 Å². The monoisotopic (exact) mass is 230 g/mol. The summed E-state index contributed by atoms with van der Waals surface area (Å²) in [5.41, 5.74) is 1.04. The Hall–Kier alpha value is -1.07. The molecule has 16 heavy (non-hydrogen) atoms. The summed E-state index contributed by atoms with van der Waals surface area (Å²) in [6.45, 7) is 3.02. The van der Waals surface area contributed by atoms with Crippen LogP contribution >= 0.6 is 0 Å². The summed E-state index contributed by atoms with van der Waals surface area (Å²) in [6, 6.07) is 3.90. The molecule has 1 heterocycles. The minimum atomic E-state index is -4.28. The molecule has 0 saturated carbocycles. The fourth-order valence-corrected chi connectivity index (χ4v) is 2.13. The summed E-state index contributed by atoms with van der Waals surface area (Å²) in [5, 5.41) is 1.55. The van der Waals surface area contributed by atoms with Crippen molar-refractivity contribution in [2.24, 2.45) is 5.84 Å². The van der Waals surface area contributed by atoms with Gasteiger partial charge >= 0.3 is 6.18 Å². The summed E-state index contributed by atoms with van der Waals surface area (Å²) >= 11 is 0. The zero-order chi connectivity index (χ0) is 11.9. The van der Waals surface area contributed by atoms with Crippen LogP contribution < -0.4 is 5.84 Å². The van der Waals surface area contributed by atoms with E-state index >= 15 is 0 Å². The molecule has 0 radical (unpaired) electrons. The van der Waals surface area contributed by atoms with Crippen molar-refractivity contribution in [3.05, 3.63) is 34.9 Å². The van der Waals surface area contributed by atoms with Crippen LogP contribution in [-0.4, -0.2) is 11.6 Å². The van der Waals surface area contributed by atoms with Gasteiger partial charge in [-0.15, -0.1) is 0 Å². The lowest BCUT2D eigenvalue weighted by Crippen LogP contribution is -2.38. The van der Waals surface area contributed by atoms with E-state index in [1.807, 2.05) is 6.92 Å². The molecule has 0 aromatic heterocycles. The quantitative estimate of drug-likeness (QED) is 0.694. The van der Waals surface area contributed by atoms with Crippen LogP contribution in [0.4, 0.5) is 13.2 Å². The largest absolute Gasteiger partial charge is 0.416 e. The number of rotatable bonds is 0. The van der Waals surface area contributed by atoms with Crippen molar-refractivity contribution >= 4 is 0 Å². The van der Waals surface area contributed by atoms with Crippen molar-refractivity contribution in [1.82, 2.24) is 5.01 Å². The molecule has 1 aliphatic rings. The van der Waals surface area contributed by atoms with Crippen LogP contribution in [0.1, 0.15) is 29.5 Å². The number of benzene rings is 1. The standard InChI is InChI=1S/C11H13F3N2/c1-7-5-16(15)6-8-4-9(11(12,13)14)2-3-10(7)8/h2-4,7H,5-6,15H2,1H3. The van der Waals surface area contributed by atoms with Crippen LogP contribution in [0.5, 0.6) is 0 Å². The van der Waals surface area contributed by atoms with Crippen LogP contribution in [-0.2, 0) is 12.7 Å². The van der Waals surface area contributed by atoms with Crippen molar-refractivity contribution in [2.45, 2.75) is 25.6 Å². The minimum absolute atomic E-state index is 0.177. The summed E-state index contributed by atoms with van der Waals surface area (Å²) in [5.74, 6) is 5.83. The highest BCUT2D eigenvalue weighted by molar-refractivity contribution is 5.37. The van der Waals surface area contributed by atoms with Gasteiger partial charge in [0.25, 0.3) is 0 Å².